The zero-order chi connectivity index (χ0) is 13.1. The summed E-state index contributed by atoms with van der Waals surface area (Å²) in [7, 11) is 0. The highest BCUT2D eigenvalue weighted by molar-refractivity contribution is 6.35. The summed E-state index contributed by atoms with van der Waals surface area (Å²) in [6, 6.07) is 5.40. The van der Waals surface area contributed by atoms with Crippen LogP contribution in [0.25, 0.3) is 11.0 Å². The Labute approximate surface area is 114 Å². The van der Waals surface area contributed by atoms with Gasteiger partial charge in [0.2, 0.25) is 0 Å². The van der Waals surface area contributed by atoms with E-state index in [-0.39, 0.29) is 18.4 Å². The fourth-order valence-corrected chi connectivity index (χ4v) is 2.27. The lowest BCUT2D eigenvalue weighted by atomic mass is 10.3. The Bertz CT molecular complexity index is 581. The molecule has 6 heteroatoms. The second-order valence-electron chi connectivity index (χ2n) is 3.66. The lowest BCUT2D eigenvalue weighted by Crippen LogP contribution is -2.15. The van der Waals surface area contributed by atoms with Crippen molar-refractivity contribution in [1.29, 1.82) is 0 Å². The van der Waals surface area contributed by atoms with Gasteiger partial charge in [-0.25, -0.2) is 4.98 Å². The second-order valence-corrected chi connectivity index (χ2v) is 4.33. The molecule has 18 heavy (non-hydrogen) atoms. The summed E-state index contributed by atoms with van der Waals surface area (Å²) in [5.41, 5.74) is 1.44. The number of benzene rings is 1. The first-order valence-electron chi connectivity index (χ1n) is 5.52. The van der Waals surface area contributed by atoms with Crippen LogP contribution in [-0.4, -0.2) is 22.1 Å². The Balaban J connectivity index is 2.49. The number of imidazole rings is 1. The van der Waals surface area contributed by atoms with Gasteiger partial charge in [-0.05, 0) is 19.1 Å². The first kappa shape index (κ1) is 13.2. The number of para-hydroxylation sites is 1. The molecule has 0 bridgehead atoms. The number of hydrogen-bond acceptors (Lipinski definition) is 3. The molecule has 2 rings (SSSR count). The van der Waals surface area contributed by atoms with E-state index >= 15 is 0 Å². The molecule has 2 aromatic rings. The molecular weight excluding hydrogens is 275 g/mol. The highest BCUT2D eigenvalue weighted by atomic mass is 35.5. The first-order valence-corrected chi connectivity index (χ1v) is 6.43. The van der Waals surface area contributed by atoms with Crippen LogP contribution in [0.5, 0.6) is 0 Å². The van der Waals surface area contributed by atoms with Gasteiger partial charge in [-0.3, -0.25) is 4.79 Å². The van der Waals surface area contributed by atoms with Crippen molar-refractivity contribution in [2.24, 2.45) is 0 Å². The number of carbonyl (C=O) groups is 1. The average Bonchev–Trinajstić information content (AvgIpc) is 2.69. The second kappa shape index (κ2) is 5.59. The van der Waals surface area contributed by atoms with Crippen LogP contribution < -0.4 is 0 Å². The van der Waals surface area contributed by atoms with Gasteiger partial charge < -0.3 is 9.30 Å². The van der Waals surface area contributed by atoms with Gasteiger partial charge in [0.15, 0.2) is 0 Å². The van der Waals surface area contributed by atoms with Crippen molar-refractivity contribution >= 4 is 40.2 Å². The molecule has 0 fully saturated rings. The molecular formula is C12H12Cl2N2O2. The van der Waals surface area contributed by atoms with E-state index in [1.165, 1.54) is 0 Å². The van der Waals surface area contributed by atoms with Crippen molar-refractivity contribution in [2.45, 2.75) is 19.3 Å². The topological polar surface area (TPSA) is 44.1 Å². The van der Waals surface area contributed by atoms with Gasteiger partial charge in [0, 0.05) is 0 Å². The number of fused-ring (bicyclic) bond motifs is 1. The molecule has 0 radical (unpaired) electrons. The van der Waals surface area contributed by atoms with E-state index in [0.717, 1.165) is 5.52 Å². The lowest BCUT2D eigenvalue weighted by Gasteiger charge is -2.07. The number of rotatable bonds is 4. The highest BCUT2D eigenvalue weighted by Crippen LogP contribution is 2.25. The van der Waals surface area contributed by atoms with Crippen LogP contribution in [0, 0.1) is 0 Å². The van der Waals surface area contributed by atoms with E-state index in [1.807, 2.05) is 12.1 Å². The highest BCUT2D eigenvalue weighted by Gasteiger charge is 2.15. The third-order valence-corrected chi connectivity index (χ3v) is 3.05. The molecule has 4 nitrogen and oxygen atoms in total. The predicted octanol–water partition coefficient (Wildman–Crippen LogP) is 2.99. The summed E-state index contributed by atoms with van der Waals surface area (Å²) >= 11 is 12.0. The Morgan fingerprint density at radius 2 is 2.28 bits per heavy atom. The third kappa shape index (κ3) is 2.44. The molecule has 0 saturated carbocycles. The van der Waals surface area contributed by atoms with E-state index in [4.69, 9.17) is 27.9 Å². The van der Waals surface area contributed by atoms with Crippen molar-refractivity contribution in [3.63, 3.8) is 0 Å². The van der Waals surface area contributed by atoms with Crippen molar-refractivity contribution in [3.8, 4) is 0 Å². The number of ether oxygens (including phenoxy) is 1. The summed E-state index contributed by atoms with van der Waals surface area (Å²) in [4.78, 5) is 15.9. The molecule has 0 atom stereocenters. The Kier molecular flexibility index (Phi) is 4.09. The van der Waals surface area contributed by atoms with E-state index in [1.54, 1.807) is 17.6 Å². The maximum absolute atomic E-state index is 11.6. The largest absolute Gasteiger partial charge is 0.465 e. The summed E-state index contributed by atoms with van der Waals surface area (Å²) in [6.45, 7) is 2.17. The molecule has 1 aromatic heterocycles. The molecule has 0 amide bonds. The van der Waals surface area contributed by atoms with Gasteiger partial charge in [0.05, 0.1) is 28.5 Å². The van der Waals surface area contributed by atoms with E-state index < -0.39 is 0 Å². The third-order valence-electron chi connectivity index (χ3n) is 2.51. The molecule has 0 aliphatic carbocycles. The fourth-order valence-electron chi connectivity index (χ4n) is 1.80. The number of halogens is 2. The van der Waals surface area contributed by atoms with Crippen LogP contribution in [0.15, 0.2) is 18.2 Å². The molecule has 0 aliphatic rings. The quantitative estimate of drug-likeness (QED) is 0.641. The first-order chi connectivity index (χ1) is 8.67. The number of alkyl halides is 1. The Morgan fingerprint density at radius 3 is 2.94 bits per heavy atom. The fraction of sp³-hybridized carbons (Fsp3) is 0.333. The number of aromatic nitrogens is 2. The maximum Gasteiger partial charge on any atom is 0.326 e. The minimum Gasteiger partial charge on any atom is -0.465 e. The zero-order valence-electron chi connectivity index (χ0n) is 9.82. The maximum atomic E-state index is 11.6. The smallest absolute Gasteiger partial charge is 0.326 e. The molecule has 1 heterocycles. The molecule has 0 spiro atoms. The SMILES string of the molecule is CCOC(=O)Cn1c(CCl)nc2cccc(Cl)c21. The monoisotopic (exact) mass is 286 g/mol. The minimum absolute atomic E-state index is 0.0656. The van der Waals surface area contributed by atoms with Crippen molar-refractivity contribution in [2.75, 3.05) is 6.61 Å². The van der Waals surface area contributed by atoms with Gasteiger partial charge in [0.1, 0.15) is 12.4 Å². The Hall–Kier alpha value is -1.26. The summed E-state index contributed by atoms with van der Waals surface area (Å²) < 4.78 is 6.63. The number of nitrogens with zero attached hydrogens (tertiary/aromatic N) is 2. The van der Waals surface area contributed by atoms with E-state index in [0.29, 0.717) is 23.0 Å². The van der Waals surface area contributed by atoms with E-state index in [9.17, 15) is 4.79 Å². The summed E-state index contributed by atoms with van der Waals surface area (Å²) in [6.07, 6.45) is 0. The van der Waals surface area contributed by atoms with Gasteiger partial charge in [-0.2, -0.15) is 0 Å². The van der Waals surface area contributed by atoms with Crippen LogP contribution >= 0.6 is 23.2 Å². The van der Waals surface area contributed by atoms with Crippen molar-refractivity contribution in [1.82, 2.24) is 9.55 Å². The van der Waals surface area contributed by atoms with Crippen LogP contribution in [-0.2, 0) is 22.0 Å². The molecule has 1 aromatic carbocycles. The normalized spacial score (nSPS) is 10.8. The van der Waals surface area contributed by atoms with Crippen molar-refractivity contribution < 1.29 is 9.53 Å². The molecule has 0 aliphatic heterocycles. The zero-order valence-corrected chi connectivity index (χ0v) is 11.3. The van der Waals surface area contributed by atoms with Crippen molar-refractivity contribution in [3.05, 3.63) is 29.0 Å². The molecule has 0 unspecified atom stereocenters. The van der Waals surface area contributed by atoms with Crippen LogP contribution in [0.3, 0.4) is 0 Å². The summed E-state index contributed by atoms with van der Waals surface area (Å²) in [5, 5.41) is 0.542. The van der Waals surface area contributed by atoms with E-state index in [2.05, 4.69) is 4.98 Å². The lowest BCUT2D eigenvalue weighted by molar-refractivity contribution is -0.143. The van der Waals surface area contributed by atoms with Gasteiger partial charge >= 0.3 is 5.97 Å². The van der Waals surface area contributed by atoms with Gasteiger partial charge in [-0.1, -0.05) is 17.7 Å². The van der Waals surface area contributed by atoms with Gasteiger partial charge in [-0.15, -0.1) is 11.6 Å². The minimum atomic E-state index is -0.330. The van der Waals surface area contributed by atoms with Crippen LogP contribution in [0.2, 0.25) is 5.02 Å². The van der Waals surface area contributed by atoms with Crippen LogP contribution in [0.1, 0.15) is 12.7 Å². The molecule has 96 valence electrons. The standard InChI is InChI=1S/C12H12Cl2N2O2/c1-2-18-11(17)7-16-10(6-13)15-9-5-3-4-8(14)12(9)16/h3-5H,2,6-7H2,1H3. The average molecular weight is 287 g/mol. The Morgan fingerprint density at radius 1 is 1.50 bits per heavy atom. The summed E-state index contributed by atoms with van der Waals surface area (Å²) in [5.74, 6) is 0.487. The molecule has 0 N–H and O–H groups in total. The predicted molar refractivity (Wildman–Crippen MR) is 70.9 cm³/mol. The van der Waals surface area contributed by atoms with Crippen LogP contribution in [0.4, 0.5) is 0 Å². The molecule has 0 saturated heterocycles. The van der Waals surface area contributed by atoms with Gasteiger partial charge in [0.25, 0.3) is 0 Å². The number of carbonyl (C=O) groups excluding carboxylic acids is 1. The number of hydrogen-bond donors (Lipinski definition) is 0. The number of esters is 1.